The van der Waals surface area contributed by atoms with Crippen LogP contribution in [0, 0.1) is 5.92 Å². The Hall–Kier alpha value is -2.53. The quantitative estimate of drug-likeness (QED) is 0.760. The van der Waals surface area contributed by atoms with Crippen LogP contribution in [0.25, 0.3) is 0 Å². The van der Waals surface area contributed by atoms with E-state index in [0.29, 0.717) is 26.4 Å². The third kappa shape index (κ3) is 3.93. The van der Waals surface area contributed by atoms with Crippen LogP contribution in [-0.2, 0) is 16.1 Å². The van der Waals surface area contributed by atoms with Gasteiger partial charge < -0.3 is 14.2 Å². The highest BCUT2D eigenvalue weighted by Crippen LogP contribution is 2.39. The molecular weight excluding hydrogens is 342 g/mol. The summed E-state index contributed by atoms with van der Waals surface area (Å²) in [7, 11) is 0. The van der Waals surface area contributed by atoms with E-state index in [1.807, 2.05) is 37.3 Å². The number of rotatable bonds is 5. The number of carbonyl (C=O) groups is 1. The lowest BCUT2D eigenvalue weighted by molar-refractivity contribution is -0.148. The number of likely N-dealkylation sites (tertiary alicyclic amines) is 1. The Labute approximate surface area is 159 Å². The minimum absolute atomic E-state index is 0.0867. The summed E-state index contributed by atoms with van der Waals surface area (Å²) in [5.74, 6) is 1.34. The van der Waals surface area contributed by atoms with E-state index in [2.05, 4.69) is 23.1 Å². The first-order valence-electron chi connectivity index (χ1n) is 9.57. The van der Waals surface area contributed by atoms with Crippen molar-refractivity contribution in [2.24, 2.45) is 5.92 Å². The summed E-state index contributed by atoms with van der Waals surface area (Å²) in [6.07, 6.45) is 0. The van der Waals surface area contributed by atoms with Gasteiger partial charge in [-0.05, 0) is 30.2 Å². The van der Waals surface area contributed by atoms with E-state index in [1.165, 1.54) is 5.56 Å². The first kappa shape index (κ1) is 17.9. The molecule has 2 aromatic rings. The van der Waals surface area contributed by atoms with E-state index in [4.69, 9.17) is 14.2 Å². The summed E-state index contributed by atoms with van der Waals surface area (Å²) in [6.45, 7) is 5.74. The van der Waals surface area contributed by atoms with Gasteiger partial charge in [0.05, 0.1) is 12.5 Å². The fourth-order valence-corrected chi connectivity index (χ4v) is 3.97. The molecule has 1 saturated heterocycles. The molecule has 1 fully saturated rings. The average Bonchev–Trinajstić information content (AvgIpc) is 3.12. The van der Waals surface area contributed by atoms with Crippen LogP contribution in [0.2, 0.25) is 0 Å². The molecule has 2 atom stereocenters. The number of carbonyl (C=O) groups excluding carboxylic acids is 1. The Kier molecular flexibility index (Phi) is 5.30. The molecule has 2 aliphatic rings. The van der Waals surface area contributed by atoms with Crippen molar-refractivity contribution in [2.75, 3.05) is 32.9 Å². The third-order valence-electron chi connectivity index (χ3n) is 5.23. The minimum atomic E-state index is -0.170. The van der Waals surface area contributed by atoms with Crippen LogP contribution in [0.15, 0.2) is 48.5 Å². The van der Waals surface area contributed by atoms with Crippen molar-refractivity contribution in [3.63, 3.8) is 0 Å². The molecule has 0 spiro atoms. The zero-order valence-electron chi connectivity index (χ0n) is 15.6. The van der Waals surface area contributed by atoms with Crippen LogP contribution < -0.4 is 9.47 Å². The molecule has 5 nitrogen and oxygen atoms in total. The molecule has 0 amide bonds. The summed E-state index contributed by atoms with van der Waals surface area (Å²) < 4.78 is 16.7. The predicted molar refractivity (Wildman–Crippen MR) is 102 cm³/mol. The smallest absolute Gasteiger partial charge is 0.310 e. The largest absolute Gasteiger partial charge is 0.486 e. The molecule has 0 bridgehead atoms. The topological polar surface area (TPSA) is 48.0 Å². The lowest BCUT2D eigenvalue weighted by Gasteiger charge is -2.22. The van der Waals surface area contributed by atoms with Crippen molar-refractivity contribution >= 4 is 5.97 Å². The molecule has 27 heavy (non-hydrogen) atoms. The minimum Gasteiger partial charge on any atom is -0.486 e. The second kappa shape index (κ2) is 8.01. The highest BCUT2D eigenvalue weighted by Gasteiger charge is 2.39. The van der Waals surface area contributed by atoms with E-state index in [-0.39, 0.29) is 17.8 Å². The lowest BCUT2D eigenvalue weighted by Crippen LogP contribution is -2.25. The zero-order valence-corrected chi connectivity index (χ0v) is 15.6. The summed E-state index contributed by atoms with van der Waals surface area (Å²) in [4.78, 5) is 14.9. The highest BCUT2D eigenvalue weighted by molar-refractivity contribution is 5.74. The van der Waals surface area contributed by atoms with E-state index in [1.54, 1.807) is 0 Å². The monoisotopic (exact) mass is 367 g/mol. The summed E-state index contributed by atoms with van der Waals surface area (Å²) in [5.41, 5.74) is 2.36. The maximum atomic E-state index is 12.6. The van der Waals surface area contributed by atoms with E-state index >= 15 is 0 Å². The van der Waals surface area contributed by atoms with Crippen molar-refractivity contribution in [1.29, 1.82) is 0 Å². The number of hydrogen-bond acceptors (Lipinski definition) is 5. The molecule has 4 rings (SSSR count). The second-order valence-corrected chi connectivity index (χ2v) is 7.05. The summed E-state index contributed by atoms with van der Waals surface area (Å²) in [6, 6.07) is 16.4. The number of hydrogen-bond donors (Lipinski definition) is 0. The van der Waals surface area contributed by atoms with Crippen LogP contribution in [-0.4, -0.2) is 43.8 Å². The van der Waals surface area contributed by atoms with E-state index in [0.717, 1.165) is 30.2 Å². The molecule has 5 heteroatoms. The molecule has 2 aliphatic heterocycles. The SMILES string of the molecule is CCOC(=O)[C@@H]1CN(Cc2ccccc2)C[C@H]1c1ccc2c(c1)OCCO2. The fourth-order valence-electron chi connectivity index (χ4n) is 3.97. The molecule has 0 N–H and O–H groups in total. The van der Waals surface area contributed by atoms with Gasteiger partial charge in [0, 0.05) is 25.6 Å². The second-order valence-electron chi connectivity index (χ2n) is 7.05. The van der Waals surface area contributed by atoms with Crippen molar-refractivity contribution in [3.8, 4) is 11.5 Å². The maximum absolute atomic E-state index is 12.6. The molecule has 0 aromatic heterocycles. The standard InChI is InChI=1S/C22H25NO4/c1-2-25-22(24)19-15-23(13-16-6-4-3-5-7-16)14-18(19)17-8-9-20-21(12-17)27-11-10-26-20/h3-9,12,18-19H,2,10-11,13-15H2,1H3/t18-,19+/m0/s1. The van der Waals surface area contributed by atoms with Gasteiger partial charge in [0.2, 0.25) is 0 Å². The lowest BCUT2D eigenvalue weighted by atomic mass is 9.88. The molecule has 2 heterocycles. The average molecular weight is 367 g/mol. The van der Waals surface area contributed by atoms with Gasteiger partial charge >= 0.3 is 5.97 Å². The van der Waals surface area contributed by atoms with Crippen LogP contribution in [0.5, 0.6) is 11.5 Å². The first-order valence-corrected chi connectivity index (χ1v) is 9.57. The predicted octanol–water partition coefficient (Wildman–Crippen LogP) is 3.24. The molecule has 0 saturated carbocycles. The number of esters is 1. The Bertz CT molecular complexity index is 792. The Morgan fingerprint density at radius 3 is 2.63 bits per heavy atom. The van der Waals surface area contributed by atoms with Crippen LogP contribution in [0.4, 0.5) is 0 Å². The van der Waals surface area contributed by atoms with Gasteiger partial charge in [-0.25, -0.2) is 0 Å². The Morgan fingerprint density at radius 2 is 1.85 bits per heavy atom. The van der Waals surface area contributed by atoms with Gasteiger partial charge in [-0.2, -0.15) is 0 Å². The third-order valence-corrected chi connectivity index (χ3v) is 5.23. The van der Waals surface area contributed by atoms with Gasteiger partial charge in [-0.3, -0.25) is 9.69 Å². The maximum Gasteiger partial charge on any atom is 0.310 e. The first-order chi connectivity index (χ1) is 13.2. The van der Waals surface area contributed by atoms with E-state index < -0.39 is 0 Å². The molecular formula is C22H25NO4. The summed E-state index contributed by atoms with van der Waals surface area (Å²) in [5, 5.41) is 0. The van der Waals surface area contributed by atoms with Gasteiger partial charge in [0.25, 0.3) is 0 Å². The number of benzene rings is 2. The molecule has 0 radical (unpaired) electrons. The number of ether oxygens (including phenoxy) is 3. The van der Waals surface area contributed by atoms with E-state index in [9.17, 15) is 4.79 Å². The molecule has 142 valence electrons. The normalized spacial score (nSPS) is 21.8. The van der Waals surface area contributed by atoms with Crippen molar-refractivity contribution in [1.82, 2.24) is 4.90 Å². The Morgan fingerprint density at radius 1 is 1.07 bits per heavy atom. The number of nitrogens with zero attached hydrogens (tertiary/aromatic N) is 1. The van der Waals surface area contributed by atoms with Gasteiger partial charge in [0.1, 0.15) is 13.2 Å². The molecule has 0 unspecified atom stereocenters. The van der Waals surface area contributed by atoms with Gasteiger partial charge in [-0.15, -0.1) is 0 Å². The Balaban J connectivity index is 1.57. The van der Waals surface area contributed by atoms with Gasteiger partial charge in [0.15, 0.2) is 11.5 Å². The van der Waals surface area contributed by atoms with Crippen molar-refractivity contribution in [3.05, 3.63) is 59.7 Å². The van der Waals surface area contributed by atoms with Crippen LogP contribution >= 0.6 is 0 Å². The highest BCUT2D eigenvalue weighted by atomic mass is 16.6. The van der Waals surface area contributed by atoms with Crippen molar-refractivity contribution in [2.45, 2.75) is 19.4 Å². The molecule has 0 aliphatic carbocycles. The zero-order chi connectivity index (χ0) is 18.6. The summed E-state index contributed by atoms with van der Waals surface area (Å²) >= 11 is 0. The molecule has 2 aromatic carbocycles. The van der Waals surface area contributed by atoms with Crippen LogP contribution in [0.3, 0.4) is 0 Å². The number of fused-ring (bicyclic) bond motifs is 1. The van der Waals surface area contributed by atoms with Crippen LogP contribution in [0.1, 0.15) is 24.0 Å². The fraction of sp³-hybridized carbons (Fsp3) is 0.409. The van der Waals surface area contributed by atoms with Gasteiger partial charge in [-0.1, -0.05) is 36.4 Å². The van der Waals surface area contributed by atoms with Crippen molar-refractivity contribution < 1.29 is 19.0 Å².